The summed E-state index contributed by atoms with van der Waals surface area (Å²) >= 11 is 0. The zero-order valence-electron chi connectivity index (χ0n) is 13.0. The molecule has 0 radical (unpaired) electrons. The van der Waals surface area contributed by atoms with E-state index in [2.05, 4.69) is 62.2 Å². The Bertz CT molecular complexity index is 411. The van der Waals surface area contributed by atoms with Crippen LogP contribution in [0, 0.1) is 20.8 Å². The first-order valence-electron chi connectivity index (χ1n) is 7.25. The maximum absolute atomic E-state index is 3.66. The summed E-state index contributed by atoms with van der Waals surface area (Å²) in [5.41, 5.74) is 9.25. The van der Waals surface area contributed by atoms with E-state index >= 15 is 0 Å². The molecule has 0 amide bonds. The van der Waals surface area contributed by atoms with E-state index in [-0.39, 0.29) is 0 Å². The fourth-order valence-corrected chi connectivity index (χ4v) is 3.15. The lowest BCUT2D eigenvalue weighted by molar-refractivity contribution is 0.0897. The minimum atomic E-state index is 0.379. The highest BCUT2D eigenvalue weighted by molar-refractivity contribution is 5.39. The van der Waals surface area contributed by atoms with Crippen molar-refractivity contribution in [3.8, 4) is 0 Å². The van der Waals surface area contributed by atoms with Crippen molar-refractivity contribution >= 4 is 0 Å². The minimum absolute atomic E-state index is 0.379. The summed E-state index contributed by atoms with van der Waals surface area (Å²) < 4.78 is 0. The number of benzene rings is 1. The Morgan fingerprint density at radius 3 is 2.05 bits per heavy atom. The maximum atomic E-state index is 3.66. The Morgan fingerprint density at radius 2 is 1.53 bits per heavy atom. The quantitative estimate of drug-likeness (QED) is 0.901. The number of nitrogens with one attached hydrogen (secondary N) is 1. The molecule has 0 aliphatic carbocycles. The average molecular weight is 261 g/mol. The van der Waals surface area contributed by atoms with Gasteiger partial charge in [-0.2, -0.15) is 0 Å². The molecule has 1 aliphatic rings. The minimum Gasteiger partial charge on any atom is -0.304 e. The van der Waals surface area contributed by atoms with Gasteiger partial charge in [-0.05, 0) is 51.4 Å². The molecular formula is C16H27N3. The molecule has 1 aromatic carbocycles. The van der Waals surface area contributed by atoms with Crippen LogP contribution in [-0.2, 0) is 0 Å². The summed E-state index contributed by atoms with van der Waals surface area (Å²) in [6.07, 6.45) is 0. The molecule has 0 spiro atoms. The summed E-state index contributed by atoms with van der Waals surface area (Å²) in [6.45, 7) is 13.4. The second-order valence-corrected chi connectivity index (χ2v) is 5.95. The monoisotopic (exact) mass is 261 g/mol. The fourth-order valence-electron chi connectivity index (χ4n) is 3.15. The lowest BCUT2D eigenvalue weighted by atomic mass is 9.95. The summed E-state index contributed by atoms with van der Waals surface area (Å²) in [7, 11) is 2.19. The second-order valence-electron chi connectivity index (χ2n) is 5.95. The molecule has 1 N–H and O–H groups in total. The van der Waals surface area contributed by atoms with E-state index in [1.165, 1.54) is 22.3 Å². The van der Waals surface area contributed by atoms with Crippen LogP contribution in [0.5, 0.6) is 0 Å². The molecule has 1 atom stereocenters. The standard InChI is InChI=1S/C16H27N3/c1-12-10-13(2)16(14(3)11-12)15(4)17-19-8-6-18(5)7-9-19/h10-11,15,17H,6-9H2,1-5H3. The average Bonchev–Trinajstić information content (AvgIpc) is 2.30. The number of hydrogen-bond acceptors (Lipinski definition) is 3. The SMILES string of the molecule is Cc1cc(C)c(C(C)NN2CCN(C)CC2)c(C)c1. The third kappa shape index (κ3) is 3.56. The van der Waals surface area contributed by atoms with Gasteiger partial charge in [-0.1, -0.05) is 17.7 Å². The van der Waals surface area contributed by atoms with Gasteiger partial charge in [0.15, 0.2) is 0 Å². The van der Waals surface area contributed by atoms with Crippen LogP contribution in [0.3, 0.4) is 0 Å². The van der Waals surface area contributed by atoms with Crippen LogP contribution in [0.4, 0.5) is 0 Å². The Labute approximate surface area is 117 Å². The summed E-state index contributed by atoms with van der Waals surface area (Å²) in [6, 6.07) is 4.94. The van der Waals surface area contributed by atoms with Gasteiger partial charge in [-0.3, -0.25) is 0 Å². The number of piperazine rings is 1. The molecule has 0 bridgehead atoms. The van der Waals surface area contributed by atoms with Crippen molar-refractivity contribution in [2.24, 2.45) is 0 Å². The first kappa shape index (κ1) is 14.5. The highest BCUT2D eigenvalue weighted by Gasteiger charge is 2.18. The molecular weight excluding hydrogens is 234 g/mol. The van der Waals surface area contributed by atoms with Crippen molar-refractivity contribution < 1.29 is 0 Å². The van der Waals surface area contributed by atoms with Gasteiger partial charge < -0.3 is 4.90 Å². The van der Waals surface area contributed by atoms with Crippen LogP contribution >= 0.6 is 0 Å². The van der Waals surface area contributed by atoms with E-state index in [4.69, 9.17) is 0 Å². The number of hydrogen-bond donors (Lipinski definition) is 1. The summed E-state index contributed by atoms with van der Waals surface area (Å²) in [4.78, 5) is 2.38. The van der Waals surface area contributed by atoms with Gasteiger partial charge >= 0.3 is 0 Å². The molecule has 1 aromatic rings. The predicted octanol–water partition coefficient (Wildman–Crippen LogP) is 2.42. The molecule has 1 unspecified atom stereocenters. The van der Waals surface area contributed by atoms with Crippen LogP contribution in [0.1, 0.15) is 35.2 Å². The maximum Gasteiger partial charge on any atom is 0.0441 e. The predicted molar refractivity (Wildman–Crippen MR) is 81.3 cm³/mol. The number of nitrogens with zero attached hydrogens (tertiary/aromatic N) is 2. The molecule has 0 saturated carbocycles. The van der Waals surface area contributed by atoms with Crippen molar-refractivity contribution in [3.05, 3.63) is 34.4 Å². The molecule has 1 aliphatic heterocycles. The lowest BCUT2D eigenvalue weighted by Gasteiger charge is -2.35. The second kappa shape index (κ2) is 6.04. The Morgan fingerprint density at radius 1 is 1.00 bits per heavy atom. The van der Waals surface area contributed by atoms with Crippen molar-refractivity contribution in [2.45, 2.75) is 33.7 Å². The molecule has 3 nitrogen and oxygen atoms in total. The van der Waals surface area contributed by atoms with E-state index in [1.807, 2.05) is 0 Å². The van der Waals surface area contributed by atoms with Crippen LogP contribution in [0.2, 0.25) is 0 Å². The van der Waals surface area contributed by atoms with E-state index in [9.17, 15) is 0 Å². The topological polar surface area (TPSA) is 18.5 Å². The first-order valence-corrected chi connectivity index (χ1v) is 7.25. The zero-order valence-corrected chi connectivity index (χ0v) is 13.0. The summed E-state index contributed by atoms with van der Waals surface area (Å²) in [5, 5.41) is 2.36. The van der Waals surface area contributed by atoms with Crippen LogP contribution in [-0.4, -0.2) is 43.1 Å². The van der Waals surface area contributed by atoms with Gasteiger partial charge in [0.25, 0.3) is 0 Å². The molecule has 3 heteroatoms. The van der Waals surface area contributed by atoms with Crippen molar-refractivity contribution in [1.29, 1.82) is 0 Å². The number of rotatable bonds is 3. The van der Waals surface area contributed by atoms with Crippen LogP contribution in [0.25, 0.3) is 0 Å². The normalized spacial score (nSPS) is 19.6. The molecule has 19 heavy (non-hydrogen) atoms. The lowest BCUT2D eigenvalue weighted by Crippen LogP contribution is -2.51. The van der Waals surface area contributed by atoms with Gasteiger partial charge in [0.2, 0.25) is 0 Å². The molecule has 1 heterocycles. The van der Waals surface area contributed by atoms with Crippen molar-refractivity contribution in [2.75, 3.05) is 33.2 Å². The number of hydrazine groups is 1. The summed E-state index contributed by atoms with van der Waals surface area (Å²) in [5.74, 6) is 0. The van der Waals surface area contributed by atoms with Gasteiger partial charge in [-0.15, -0.1) is 0 Å². The highest BCUT2D eigenvalue weighted by Crippen LogP contribution is 2.23. The molecule has 2 rings (SSSR count). The third-order valence-corrected chi connectivity index (χ3v) is 4.05. The third-order valence-electron chi connectivity index (χ3n) is 4.05. The smallest absolute Gasteiger partial charge is 0.0441 e. The van der Waals surface area contributed by atoms with E-state index in [1.54, 1.807) is 0 Å². The largest absolute Gasteiger partial charge is 0.304 e. The molecule has 1 fully saturated rings. The van der Waals surface area contributed by atoms with Crippen LogP contribution < -0.4 is 5.43 Å². The first-order chi connectivity index (χ1) is 8.97. The van der Waals surface area contributed by atoms with Gasteiger partial charge in [-0.25, -0.2) is 10.4 Å². The molecule has 0 aromatic heterocycles. The molecule has 1 saturated heterocycles. The Kier molecular flexibility index (Phi) is 4.61. The Hall–Kier alpha value is -0.900. The fraction of sp³-hybridized carbons (Fsp3) is 0.625. The zero-order chi connectivity index (χ0) is 14.0. The highest BCUT2D eigenvalue weighted by atomic mass is 15.5. The number of likely N-dealkylation sites (N-methyl/N-ethyl adjacent to an activating group) is 1. The van der Waals surface area contributed by atoms with Gasteiger partial charge in [0.05, 0.1) is 0 Å². The van der Waals surface area contributed by atoms with Crippen molar-refractivity contribution in [1.82, 2.24) is 15.3 Å². The van der Waals surface area contributed by atoms with Gasteiger partial charge in [0.1, 0.15) is 0 Å². The van der Waals surface area contributed by atoms with E-state index in [0.29, 0.717) is 6.04 Å². The van der Waals surface area contributed by atoms with E-state index in [0.717, 1.165) is 26.2 Å². The van der Waals surface area contributed by atoms with Crippen LogP contribution in [0.15, 0.2) is 12.1 Å². The molecule has 106 valence electrons. The van der Waals surface area contributed by atoms with Gasteiger partial charge in [0, 0.05) is 32.2 Å². The van der Waals surface area contributed by atoms with Crippen molar-refractivity contribution in [3.63, 3.8) is 0 Å². The Balaban J connectivity index is 2.06. The number of aryl methyl sites for hydroxylation is 3. The van der Waals surface area contributed by atoms with E-state index < -0.39 is 0 Å².